The zero-order valence-electron chi connectivity index (χ0n) is 18.8. The summed E-state index contributed by atoms with van der Waals surface area (Å²) in [5.74, 6) is 0.379. The molecule has 2 aliphatic heterocycles. The predicted octanol–water partition coefficient (Wildman–Crippen LogP) is 3.23. The third kappa shape index (κ3) is 5.77. The lowest BCUT2D eigenvalue weighted by Gasteiger charge is -2.34. The number of thiazole rings is 1. The molecular formula is C23H36N4O3S. The summed E-state index contributed by atoms with van der Waals surface area (Å²) in [5.41, 5.74) is 1.29. The molecule has 0 radical (unpaired) electrons. The Labute approximate surface area is 189 Å². The molecule has 1 aromatic rings. The Bertz CT molecular complexity index is 741. The molecule has 3 heterocycles. The van der Waals surface area contributed by atoms with Crippen LogP contribution in [-0.2, 0) is 22.4 Å². The van der Waals surface area contributed by atoms with Crippen LogP contribution in [0.15, 0.2) is 0 Å². The molecule has 2 amide bonds. The Morgan fingerprint density at radius 3 is 2.52 bits per heavy atom. The van der Waals surface area contributed by atoms with Crippen molar-refractivity contribution >= 4 is 23.3 Å². The molecule has 1 saturated carbocycles. The summed E-state index contributed by atoms with van der Waals surface area (Å²) >= 11 is 1.89. The molecule has 8 heteroatoms. The maximum Gasteiger partial charge on any atom is 0.317 e. The highest BCUT2D eigenvalue weighted by Crippen LogP contribution is 2.34. The first-order valence-electron chi connectivity index (χ1n) is 11.9. The molecule has 1 saturated heterocycles. The van der Waals surface area contributed by atoms with Crippen LogP contribution in [0.25, 0.3) is 0 Å². The number of carbonyl (C=O) groups is 2. The summed E-state index contributed by atoms with van der Waals surface area (Å²) in [6.07, 6.45) is 7.32. The number of ether oxygens (including phenoxy) is 1. The average Bonchev–Trinajstić information content (AvgIpc) is 3.04. The van der Waals surface area contributed by atoms with Crippen molar-refractivity contribution in [2.45, 2.75) is 83.3 Å². The fourth-order valence-electron chi connectivity index (χ4n) is 4.90. The lowest BCUT2D eigenvalue weighted by Crippen LogP contribution is -2.48. The summed E-state index contributed by atoms with van der Waals surface area (Å²) < 4.78 is 5.34. The van der Waals surface area contributed by atoms with Gasteiger partial charge >= 0.3 is 12.0 Å². The Balaban J connectivity index is 1.21. The first-order valence-corrected chi connectivity index (χ1v) is 12.8. The van der Waals surface area contributed by atoms with Gasteiger partial charge in [0.1, 0.15) is 0 Å². The van der Waals surface area contributed by atoms with Crippen LogP contribution in [-0.4, -0.2) is 60.2 Å². The molecular weight excluding hydrogens is 412 g/mol. The number of likely N-dealkylation sites (tertiary alicyclic amines) is 1. The lowest BCUT2D eigenvalue weighted by atomic mass is 9.86. The molecule has 0 aromatic carbocycles. The normalized spacial score (nSPS) is 25.1. The van der Waals surface area contributed by atoms with Crippen molar-refractivity contribution < 1.29 is 14.3 Å². The van der Waals surface area contributed by atoms with Crippen LogP contribution in [0.3, 0.4) is 0 Å². The van der Waals surface area contributed by atoms with Crippen LogP contribution < -0.4 is 10.6 Å². The van der Waals surface area contributed by atoms with Crippen molar-refractivity contribution in [1.29, 1.82) is 0 Å². The van der Waals surface area contributed by atoms with E-state index >= 15 is 0 Å². The first kappa shape index (κ1) is 22.5. The summed E-state index contributed by atoms with van der Waals surface area (Å²) in [6.45, 7) is 7.42. The smallest absolute Gasteiger partial charge is 0.317 e. The lowest BCUT2D eigenvalue weighted by molar-refractivity contribution is -0.153. The molecule has 3 aliphatic rings. The van der Waals surface area contributed by atoms with E-state index in [-0.39, 0.29) is 30.1 Å². The monoisotopic (exact) mass is 448 g/mol. The van der Waals surface area contributed by atoms with Crippen molar-refractivity contribution in [3.05, 3.63) is 15.6 Å². The van der Waals surface area contributed by atoms with Gasteiger partial charge in [0.25, 0.3) is 0 Å². The second-order valence-corrected chi connectivity index (χ2v) is 10.5. The van der Waals surface area contributed by atoms with E-state index in [0.717, 1.165) is 77.5 Å². The highest BCUT2D eigenvalue weighted by molar-refractivity contribution is 7.11. The molecule has 1 aliphatic carbocycles. The standard InChI is InChI=1S/C23H36N4O3S/c1-15(2)30-22(28)17-3-5-18(6-4-17)25-23(29)27-13-9-16(10-14-27)21-26-19-7-11-24-12-8-20(19)31-21/h15-18,24H,3-14H2,1-2H3,(H,25,29). The highest BCUT2D eigenvalue weighted by Gasteiger charge is 2.31. The maximum absolute atomic E-state index is 12.8. The Kier molecular flexibility index (Phi) is 7.48. The number of amides is 2. The first-order chi connectivity index (χ1) is 15.0. The number of nitrogens with one attached hydrogen (secondary N) is 2. The maximum atomic E-state index is 12.8. The molecule has 31 heavy (non-hydrogen) atoms. The minimum atomic E-state index is -0.0856. The van der Waals surface area contributed by atoms with Gasteiger partial charge in [0.15, 0.2) is 0 Å². The van der Waals surface area contributed by atoms with Gasteiger partial charge < -0.3 is 20.3 Å². The third-order valence-electron chi connectivity index (χ3n) is 6.73. The largest absolute Gasteiger partial charge is 0.463 e. The van der Waals surface area contributed by atoms with E-state index < -0.39 is 0 Å². The molecule has 4 rings (SSSR count). The van der Waals surface area contributed by atoms with Crippen LogP contribution >= 0.6 is 11.3 Å². The Morgan fingerprint density at radius 1 is 1.10 bits per heavy atom. The van der Waals surface area contributed by atoms with Gasteiger partial charge in [-0.1, -0.05) is 0 Å². The van der Waals surface area contributed by atoms with Gasteiger partial charge in [-0.15, -0.1) is 11.3 Å². The van der Waals surface area contributed by atoms with Gasteiger partial charge in [0, 0.05) is 49.4 Å². The molecule has 2 N–H and O–H groups in total. The Morgan fingerprint density at radius 2 is 1.81 bits per heavy atom. The molecule has 172 valence electrons. The number of piperidine rings is 1. The van der Waals surface area contributed by atoms with Crippen molar-refractivity contribution in [3.8, 4) is 0 Å². The number of hydrogen-bond acceptors (Lipinski definition) is 6. The number of aromatic nitrogens is 1. The van der Waals surface area contributed by atoms with Gasteiger partial charge in [-0.2, -0.15) is 0 Å². The van der Waals surface area contributed by atoms with Crippen LogP contribution in [0.5, 0.6) is 0 Å². The quantitative estimate of drug-likeness (QED) is 0.691. The van der Waals surface area contributed by atoms with Gasteiger partial charge in [-0.25, -0.2) is 9.78 Å². The predicted molar refractivity (Wildman–Crippen MR) is 121 cm³/mol. The number of urea groups is 1. The molecule has 2 fully saturated rings. The van der Waals surface area contributed by atoms with E-state index in [1.165, 1.54) is 15.6 Å². The third-order valence-corrected chi connectivity index (χ3v) is 8.05. The molecule has 0 unspecified atom stereocenters. The van der Waals surface area contributed by atoms with Crippen molar-refractivity contribution in [2.24, 2.45) is 5.92 Å². The summed E-state index contributed by atoms with van der Waals surface area (Å²) in [5, 5.41) is 7.92. The van der Waals surface area contributed by atoms with E-state index in [9.17, 15) is 9.59 Å². The van der Waals surface area contributed by atoms with Crippen molar-refractivity contribution in [1.82, 2.24) is 20.5 Å². The minimum absolute atomic E-state index is 0.0181. The van der Waals surface area contributed by atoms with Crippen molar-refractivity contribution in [3.63, 3.8) is 0 Å². The van der Waals surface area contributed by atoms with Crippen LogP contribution in [0, 0.1) is 5.92 Å². The summed E-state index contributed by atoms with van der Waals surface area (Å²) in [6, 6.07) is 0.212. The molecule has 0 atom stereocenters. The molecule has 1 aromatic heterocycles. The van der Waals surface area contributed by atoms with Gasteiger partial charge in [0.05, 0.1) is 22.7 Å². The topological polar surface area (TPSA) is 83.6 Å². The Hall–Kier alpha value is -1.67. The minimum Gasteiger partial charge on any atom is -0.463 e. The number of fused-ring (bicyclic) bond motifs is 1. The van der Waals surface area contributed by atoms with E-state index in [2.05, 4.69) is 10.6 Å². The number of nitrogens with zero attached hydrogens (tertiary/aromatic N) is 2. The summed E-state index contributed by atoms with van der Waals surface area (Å²) in [7, 11) is 0. The number of rotatable bonds is 4. The SMILES string of the molecule is CC(C)OC(=O)C1CCC(NC(=O)N2CCC(c3nc4c(s3)CCNCC4)CC2)CC1. The van der Waals surface area contributed by atoms with E-state index in [4.69, 9.17) is 9.72 Å². The zero-order valence-corrected chi connectivity index (χ0v) is 19.6. The average molecular weight is 449 g/mol. The number of carbonyl (C=O) groups excluding carboxylic acids is 2. The van der Waals surface area contributed by atoms with E-state index in [1.54, 1.807) is 0 Å². The van der Waals surface area contributed by atoms with Crippen LogP contribution in [0.4, 0.5) is 4.79 Å². The molecule has 0 bridgehead atoms. The van der Waals surface area contributed by atoms with E-state index in [0.29, 0.717) is 5.92 Å². The number of esters is 1. The van der Waals surface area contributed by atoms with Crippen LogP contribution in [0.1, 0.15) is 73.9 Å². The van der Waals surface area contributed by atoms with Gasteiger partial charge in [-0.3, -0.25) is 4.79 Å². The van der Waals surface area contributed by atoms with E-state index in [1.807, 2.05) is 30.1 Å². The number of hydrogen-bond donors (Lipinski definition) is 2. The molecule has 7 nitrogen and oxygen atoms in total. The molecule has 0 spiro atoms. The second kappa shape index (κ2) is 10.3. The van der Waals surface area contributed by atoms with Crippen LogP contribution in [0.2, 0.25) is 0 Å². The zero-order chi connectivity index (χ0) is 21.8. The van der Waals surface area contributed by atoms with Crippen molar-refractivity contribution in [2.75, 3.05) is 26.2 Å². The second-order valence-electron chi connectivity index (χ2n) is 9.42. The fourth-order valence-corrected chi connectivity index (χ4v) is 6.18. The van der Waals surface area contributed by atoms with Gasteiger partial charge in [0.2, 0.25) is 0 Å². The summed E-state index contributed by atoms with van der Waals surface area (Å²) in [4.78, 5) is 33.2. The highest BCUT2D eigenvalue weighted by atomic mass is 32.1. The fraction of sp³-hybridized carbons (Fsp3) is 0.783. The van der Waals surface area contributed by atoms with Gasteiger partial charge in [-0.05, 0) is 58.8 Å².